The van der Waals surface area contributed by atoms with Crippen molar-refractivity contribution in [2.75, 3.05) is 13.7 Å². The topological polar surface area (TPSA) is 44.5 Å². The van der Waals surface area contributed by atoms with Gasteiger partial charge in [-0.2, -0.15) is 0 Å². The van der Waals surface area contributed by atoms with E-state index >= 15 is 0 Å². The van der Waals surface area contributed by atoms with Crippen LogP contribution in [-0.4, -0.2) is 25.9 Å². The zero-order chi connectivity index (χ0) is 13.5. The highest BCUT2D eigenvalue weighted by Gasteiger charge is 2.16. The first-order chi connectivity index (χ1) is 8.62. The van der Waals surface area contributed by atoms with Crippen molar-refractivity contribution in [3.63, 3.8) is 0 Å². The predicted octanol–water partition coefficient (Wildman–Crippen LogP) is 3.14. The minimum atomic E-state index is 0.0234. The smallest absolute Gasteiger partial charge is 0.133 e. The van der Waals surface area contributed by atoms with E-state index in [9.17, 15) is 0 Å². The van der Waals surface area contributed by atoms with Crippen LogP contribution in [0, 0.1) is 0 Å². The molecule has 0 spiro atoms. The van der Waals surface area contributed by atoms with Crippen LogP contribution >= 0.6 is 15.9 Å². The van der Waals surface area contributed by atoms with E-state index in [4.69, 9.17) is 15.2 Å². The maximum atomic E-state index is 6.20. The molecule has 1 aromatic rings. The summed E-state index contributed by atoms with van der Waals surface area (Å²) < 4.78 is 11.8. The Kier molecular flexibility index (Phi) is 6.68. The first kappa shape index (κ1) is 15.5. The molecule has 0 saturated heterocycles. The SMILES string of the molecule is CCOC(CC)C(N)Cc1ccc(OC)c(Br)c1. The molecule has 102 valence electrons. The van der Waals surface area contributed by atoms with E-state index in [1.807, 2.05) is 19.1 Å². The Morgan fingerprint density at radius 1 is 1.33 bits per heavy atom. The second-order valence-electron chi connectivity index (χ2n) is 4.24. The Hall–Kier alpha value is -0.580. The number of benzene rings is 1. The maximum Gasteiger partial charge on any atom is 0.133 e. The van der Waals surface area contributed by atoms with Crippen LogP contribution in [0.25, 0.3) is 0 Å². The van der Waals surface area contributed by atoms with Gasteiger partial charge in [-0.25, -0.2) is 0 Å². The van der Waals surface area contributed by atoms with Crippen LogP contribution in [0.2, 0.25) is 0 Å². The summed E-state index contributed by atoms with van der Waals surface area (Å²) in [5.74, 6) is 0.837. The molecule has 0 radical (unpaired) electrons. The van der Waals surface area contributed by atoms with Crippen LogP contribution in [0.5, 0.6) is 5.75 Å². The molecule has 18 heavy (non-hydrogen) atoms. The highest BCUT2D eigenvalue weighted by molar-refractivity contribution is 9.10. The third-order valence-electron chi connectivity index (χ3n) is 2.95. The van der Waals surface area contributed by atoms with Crippen molar-refractivity contribution < 1.29 is 9.47 Å². The summed E-state index contributed by atoms with van der Waals surface area (Å²) in [7, 11) is 1.66. The second kappa shape index (κ2) is 7.77. The zero-order valence-electron chi connectivity index (χ0n) is 11.3. The quantitative estimate of drug-likeness (QED) is 0.840. The van der Waals surface area contributed by atoms with Crippen LogP contribution in [0.1, 0.15) is 25.8 Å². The van der Waals surface area contributed by atoms with Gasteiger partial charge in [0.15, 0.2) is 0 Å². The van der Waals surface area contributed by atoms with E-state index in [1.54, 1.807) is 7.11 Å². The highest BCUT2D eigenvalue weighted by atomic mass is 79.9. The Morgan fingerprint density at radius 2 is 2.06 bits per heavy atom. The summed E-state index contributed by atoms with van der Waals surface area (Å²) in [5.41, 5.74) is 7.38. The van der Waals surface area contributed by atoms with E-state index in [0.29, 0.717) is 6.61 Å². The molecule has 1 aromatic carbocycles. The van der Waals surface area contributed by atoms with Crippen LogP contribution in [0.4, 0.5) is 0 Å². The van der Waals surface area contributed by atoms with Gasteiger partial charge < -0.3 is 15.2 Å². The van der Waals surface area contributed by atoms with Gasteiger partial charge in [-0.1, -0.05) is 13.0 Å². The monoisotopic (exact) mass is 315 g/mol. The van der Waals surface area contributed by atoms with Gasteiger partial charge in [0.2, 0.25) is 0 Å². The molecule has 4 heteroatoms. The van der Waals surface area contributed by atoms with Gasteiger partial charge in [0.25, 0.3) is 0 Å². The number of rotatable bonds is 7. The molecule has 2 unspecified atom stereocenters. The number of ether oxygens (including phenoxy) is 2. The summed E-state index contributed by atoms with van der Waals surface area (Å²) in [6.07, 6.45) is 1.86. The minimum absolute atomic E-state index is 0.0234. The molecular formula is C14H22BrNO2. The maximum absolute atomic E-state index is 6.20. The lowest BCUT2D eigenvalue weighted by Crippen LogP contribution is -2.38. The summed E-state index contributed by atoms with van der Waals surface area (Å²) >= 11 is 3.49. The molecule has 2 atom stereocenters. The van der Waals surface area contributed by atoms with Gasteiger partial charge in [0.05, 0.1) is 17.7 Å². The van der Waals surface area contributed by atoms with Crippen molar-refractivity contribution in [2.24, 2.45) is 5.73 Å². The fourth-order valence-electron chi connectivity index (χ4n) is 2.00. The number of hydrogen-bond acceptors (Lipinski definition) is 3. The van der Waals surface area contributed by atoms with Crippen molar-refractivity contribution in [1.29, 1.82) is 0 Å². The van der Waals surface area contributed by atoms with Gasteiger partial charge in [0, 0.05) is 12.6 Å². The Balaban J connectivity index is 2.68. The van der Waals surface area contributed by atoms with E-state index in [0.717, 1.165) is 23.1 Å². The molecule has 1 rings (SSSR count). The van der Waals surface area contributed by atoms with Crippen molar-refractivity contribution in [3.8, 4) is 5.75 Å². The lowest BCUT2D eigenvalue weighted by molar-refractivity contribution is 0.0417. The highest BCUT2D eigenvalue weighted by Crippen LogP contribution is 2.26. The van der Waals surface area contributed by atoms with Gasteiger partial charge in [0.1, 0.15) is 5.75 Å². The number of halogens is 1. The van der Waals surface area contributed by atoms with Crippen LogP contribution in [0.3, 0.4) is 0 Å². The van der Waals surface area contributed by atoms with Crippen LogP contribution in [-0.2, 0) is 11.2 Å². The number of nitrogens with two attached hydrogens (primary N) is 1. The van der Waals surface area contributed by atoms with Gasteiger partial charge in [-0.15, -0.1) is 0 Å². The molecule has 3 nitrogen and oxygen atoms in total. The van der Waals surface area contributed by atoms with Gasteiger partial charge >= 0.3 is 0 Å². The lowest BCUT2D eigenvalue weighted by atomic mass is 10.0. The number of methoxy groups -OCH3 is 1. The summed E-state index contributed by atoms with van der Waals surface area (Å²) in [6, 6.07) is 6.07. The first-order valence-corrected chi connectivity index (χ1v) is 7.11. The standard InChI is InChI=1S/C14H22BrNO2/c1-4-13(18-5-2)12(16)9-10-6-7-14(17-3)11(15)8-10/h6-8,12-13H,4-5,9,16H2,1-3H3. The Bertz CT molecular complexity index is 371. The van der Waals surface area contributed by atoms with Gasteiger partial charge in [-0.05, 0) is 53.4 Å². The molecule has 0 aromatic heterocycles. The van der Waals surface area contributed by atoms with E-state index < -0.39 is 0 Å². The fourth-order valence-corrected chi connectivity index (χ4v) is 2.59. The fraction of sp³-hybridized carbons (Fsp3) is 0.571. The molecule has 0 amide bonds. The summed E-state index contributed by atoms with van der Waals surface area (Å²) in [5, 5.41) is 0. The van der Waals surface area contributed by atoms with Crippen LogP contribution in [0.15, 0.2) is 22.7 Å². The minimum Gasteiger partial charge on any atom is -0.496 e. The molecular weight excluding hydrogens is 294 g/mol. The zero-order valence-corrected chi connectivity index (χ0v) is 12.9. The Labute approximate surface area is 118 Å². The van der Waals surface area contributed by atoms with E-state index in [-0.39, 0.29) is 12.1 Å². The molecule has 0 aliphatic heterocycles. The number of hydrogen-bond donors (Lipinski definition) is 1. The van der Waals surface area contributed by atoms with Crippen molar-refractivity contribution in [1.82, 2.24) is 0 Å². The summed E-state index contributed by atoms with van der Waals surface area (Å²) in [4.78, 5) is 0. The first-order valence-electron chi connectivity index (χ1n) is 6.31. The third-order valence-corrected chi connectivity index (χ3v) is 3.57. The van der Waals surface area contributed by atoms with Gasteiger partial charge in [-0.3, -0.25) is 0 Å². The predicted molar refractivity (Wildman–Crippen MR) is 78.1 cm³/mol. The molecule has 0 aliphatic carbocycles. The van der Waals surface area contributed by atoms with Crippen molar-refractivity contribution in [3.05, 3.63) is 28.2 Å². The molecule has 0 aliphatic rings. The average Bonchev–Trinajstić information content (AvgIpc) is 2.36. The average molecular weight is 316 g/mol. The van der Waals surface area contributed by atoms with E-state index in [1.165, 1.54) is 5.56 Å². The molecule has 0 saturated carbocycles. The second-order valence-corrected chi connectivity index (χ2v) is 5.09. The lowest BCUT2D eigenvalue weighted by Gasteiger charge is -2.22. The van der Waals surface area contributed by atoms with Crippen LogP contribution < -0.4 is 10.5 Å². The normalized spacial score (nSPS) is 14.3. The summed E-state index contributed by atoms with van der Waals surface area (Å²) in [6.45, 7) is 4.81. The van der Waals surface area contributed by atoms with E-state index in [2.05, 4.69) is 28.9 Å². The van der Waals surface area contributed by atoms with Crippen molar-refractivity contribution in [2.45, 2.75) is 38.8 Å². The molecule has 0 bridgehead atoms. The molecule has 2 N–H and O–H groups in total. The molecule has 0 fully saturated rings. The Morgan fingerprint density at radius 3 is 2.56 bits per heavy atom. The van der Waals surface area contributed by atoms with Crippen molar-refractivity contribution >= 4 is 15.9 Å². The molecule has 0 heterocycles. The largest absolute Gasteiger partial charge is 0.496 e. The third kappa shape index (κ3) is 4.26.